The van der Waals surface area contributed by atoms with Gasteiger partial charge < -0.3 is 9.80 Å². The average molecular weight is 302 g/mol. The van der Waals surface area contributed by atoms with Crippen LogP contribution in [0.2, 0.25) is 0 Å². The molecule has 0 saturated carbocycles. The van der Waals surface area contributed by atoms with Crippen LogP contribution in [0.4, 0.5) is 0 Å². The molecule has 4 heteroatoms. The van der Waals surface area contributed by atoms with E-state index >= 15 is 0 Å². The van der Waals surface area contributed by atoms with Crippen molar-refractivity contribution in [2.24, 2.45) is 5.92 Å². The summed E-state index contributed by atoms with van der Waals surface area (Å²) in [6.45, 7) is 5.13. The second-order valence-corrected chi connectivity index (χ2v) is 6.82. The molecule has 0 aliphatic carbocycles. The number of rotatable bonds is 3. The van der Waals surface area contributed by atoms with E-state index in [1.807, 2.05) is 18.5 Å². The predicted octanol–water partition coefficient (Wildman–Crippen LogP) is 1.28. The van der Waals surface area contributed by atoms with Gasteiger partial charge in [-0.05, 0) is 31.7 Å². The second-order valence-electron chi connectivity index (χ2n) is 6.82. The quantitative estimate of drug-likeness (QED) is 0.913. The van der Waals surface area contributed by atoms with Gasteiger partial charge >= 0.3 is 0 Å². The van der Waals surface area contributed by atoms with Gasteiger partial charge in [0.25, 0.3) is 0 Å². The van der Waals surface area contributed by atoms with Crippen LogP contribution >= 0.6 is 0 Å². The summed E-state index contributed by atoms with van der Waals surface area (Å²) in [6.07, 6.45) is 11.0. The maximum atomic E-state index is 12.8. The third kappa shape index (κ3) is 4.07. The van der Waals surface area contributed by atoms with E-state index in [1.54, 1.807) is 0 Å². The third-order valence-corrected chi connectivity index (χ3v) is 5.06. The highest BCUT2D eigenvalue weighted by atomic mass is 16.2. The Labute approximate surface area is 133 Å². The molecule has 2 atom stereocenters. The number of aromatic nitrogens is 1. The molecule has 1 amide bonds. The van der Waals surface area contributed by atoms with Crippen LogP contribution in [0.3, 0.4) is 0 Å². The van der Waals surface area contributed by atoms with Gasteiger partial charge in [0, 0.05) is 31.0 Å². The molecule has 0 radical (unpaired) electrons. The molecule has 0 bridgehead atoms. The first-order chi connectivity index (χ1) is 10.8. The highest BCUT2D eigenvalue weighted by molar-refractivity contribution is 5.79. The van der Waals surface area contributed by atoms with Gasteiger partial charge in [0.2, 0.25) is 5.91 Å². The Hall–Kier alpha value is -1.42. The topological polar surface area (TPSA) is 37.6 Å². The zero-order valence-electron chi connectivity index (χ0n) is 13.5. The van der Waals surface area contributed by atoms with Gasteiger partial charge in [-0.3, -0.25) is 9.78 Å². The van der Waals surface area contributed by atoms with Crippen molar-refractivity contribution in [1.29, 1.82) is 0 Å². The van der Waals surface area contributed by atoms with Crippen molar-refractivity contribution in [3.05, 3.63) is 30.1 Å². The van der Waals surface area contributed by atoms with E-state index in [1.165, 1.54) is 49.1 Å². The number of pyridine rings is 1. The van der Waals surface area contributed by atoms with Crippen molar-refractivity contribution in [3.63, 3.8) is 0 Å². The number of quaternary nitrogens is 1. The Morgan fingerprint density at radius 3 is 2.77 bits per heavy atom. The molecule has 2 saturated heterocycles. The normalized spacial score (nSPS) is 26.5. The molecular weight excluding hydrogens is 274 g/mol. The molecule has 4 nitrogen and oxygen atoms in total. The molecule has 3 rings (SSSR count). The molecule has 2 aliphatic heterocycles. The zero-order valence-corrected chi connectivity index (χ0v) is 13.5. The largest absolute Gasteiger partial charge is 0.342 e. The smallest absolute Gasteiger partial charge is 0.231 e. The van der Waals surface area contributed by atoms with E-state index < -0.39 is 0 Å². The molecule has 0 aromatic carbocycles. The highest BCUT2D eigenvalue weighted by Gasteiger charge is 2.31. The van der Waals surface area contributed by atoms with Crippen molar-refractivity contribution in [3.8, 4) is 0 Å². The summed E-state index contributed by atoms with van der Waals surface area (Å²) in [5.74, 6) is 0.656. The summed E-state index contributed by atoms with van der Waals surface area (Å²) in [6, 6.07) is 4.14. The lowest BCUT2D eigenvalue weighted by atomic mass is 9.96. The van der Waals surface area contributed by atoms with Crippen molar-refractivity contribution < 1.29 is 9.69 Å². The van der Waals surface area contributed by atoms with Crippen LogP contribution in [0, 0.1) is 5.92 Å². The van der Waals surface area contributed by atoms with Crippen LogP contribution in [0.25, 0.3) is 0 Å². The van der Waals surface area contributed by atoms with E-state index in [0.29, 0.717) is 5.91 Å². The number of nitrogens with one attached hydrogen (secondary N) is 1. The minimum atomic E-state index is 0.235. The Balaban J connectivity index is 1.56. The fourth-order valence-electron chi connectivity index (χ4n) is 3.86. The van der Waals surface area contributed by atoms with Crippen LogP contribution in [0.15, 0.2) is 24.5 Å². The number of likely N-dealkylation sites (tertiary alicyclic amines) is 2. The summed E-state index contributed by atoms with van der Waals surface area (Å²) >= 11 is 0. The van der Waals surface area contributed by atoms with E-state index in [9.17, 15) is 4.79 Å². The molecule has 2 fully saturated rings. The fraction of sp³-hybridized carbons (Fsp3) is 0.667. The van der Waals surface area contributed by atoms with Crippen LogP contribution in [0.5, 0.6) is 0 Å². The summed E-state index contributed by atoms with van der Waals surface area (Å²) in [7, 11) is 0. The van der Waals surface area contributed by atoms with Crippen LogP contribution in [0.1, 0.15) is 44.1 Å². The molecule has 1 aromatic rings. The van der Waals surface area contributed by atoms with Crippen molar-refractivity contribution in [1.82, 2.24) is 9.88 Å². The first-order valence-electron chi connectivity index (χ1n) is 8.84. The zero-order chi connectivity index (χ0) is 15.2. The van der Waals surface area contributed by atoms with Crippen molar-refractivity contribution >= 4 is 5.91 Å². The Morgan fingerprint density at radius 1 is 1.23 bits per heavy atom. The average Bonchev–Trinajstić information content (AvgIpc) is 2.85. The van der Waals surface area contributed by atoms with Gasteiger partial charge in [-0.1, -0.05) is 18.9 Å². The standard InChI is InChI=1S/C18H27N3O/c22-18(21-11-3-1-2-4-12-21)17-8-6-10-20(15-17)14-16-7-5-9-19-13-16/h5,7,9,13,17H,1-4,6,8,10-12,14-15H2/p+1. The van der Waals surface area contributed by atoms with Crippen LogP contribution < -0.4 is 4.90 Å². The molecule has 120 valence electrons. The minimum absolute atomic E-state index is 0.235. The van der Waals surface area contributed by atoms with E-state index in [2.05, 4.69) is 16.0 Å². The molecule has 1 N–H and O–H groups in total. The Morgan fingerprint density at radius 2 is 2.05 bits per heavy atom. The summed E-state index contributed by atoms with van der Waals surface area (Å²) < 4.78 is 0. The number of hydrogen-bond donors (Lipinski definition) is 1. The third-order valence-electron chi connectivity index (χ3n) is 5.06. The van der Waals surface area contributed by atoms with Crippen LogP contribution in [-0.2, 0) is 11.3 Å². The summed E-state index contributed by atoms with van der Waals surface area (Å²) in [5, 5.41) is 0. The SMILES string of the molecule is O=C(C1CCC[NH+](Cc2cccnc2)C1)N1CCCCCC1. The fourth-order valence-corrected chi connectivity index (χ4v) is 3.86. The van der Waals surface area contributed by atoms with Crippen molar-refractivity contribution in [2.45, 2.75) is 45.1 Å². The Bertz CT molecular complexity index is 468. The van der Waals surface area contributed by atoms with Gasteiger partial charge in [0.1, 0.15) is 6.54 Å². The second kappa shape index (κ2) is 7.73. The maximum absolute atomic E-state index is 12.8. The maximum Gasteiger partial charge on any atom is 0.231 e. The number of amides is 1. The van der Waals surface area contributed by atoms with E-state index in [0.717, 1.165) is 32.6 Å². The number of carbonyl (C=O) groups is 1. The van der Waals surface area contributed by atoms with E-state index in [4.69, 9.17) is 0 Å². The molecular formula is C18H28N3O+. The monoisotopic (exact) mass is 302 g/mol. The number of nitrogens with zero attached hydrogens (tertiary/aromatic N) is 2. The van der Waals surface area contributed by atoms with E-state index in [-0.39, 0.29) is 5.92 Å². The van der Waals surface area contributed by atoms with Gasteiger partial charge in [-0.2, -0.15) is 0 Å². The predicted molar refractivity (Wildman–Crippen MR) is 86.4 cm³/mol. The number of carbonyl (C=O) groups excluding carboxylic acids is 1. The van der Waals surface area contributed by atoms with Crippen molar-refractivity contribution in [2.75, 3.05) is 26.2 Å². The molecule has 1 aromatic heterocycles. The van der Waals surface area contributed by atoms with Crippen LogP contribution in [-0.4, -0.2) is 42.0 Å². The van der Waals surface area contributed by atoms with Gasteiger partial charge in [-0.15, -0.1) is 0 Å². The van der Waals surface area contributed by atoms with Gasteiger partial charge in [-0.25, -0.2) is 0 Å². The molecule has 3 heterocycles. The summed E-state index contributed by atoms with van der Waals surface area (Å²) in [5.41, 5.74) is 1.28. The Kier molecular flexibility index (Phi) is 5.43. The highest BCUT2D eigenvalue weighted by Crippen LogP contribution is 2.16. The minimum Gasteiger partial charge on any atom is -0.342 e. The molecule has 0 spiro atoms. The molecule has 2 unspecified atom stereocenters. The number of hydrogen-bond acceptors (Lipinski definition) is 2. The lowest BCUT2D eigenvalue weighted by Gasteiger charge is -2.32. The lowest BCUT2D eigenvalue weighted by molar-refractivity contribution is -0.921. The first kappa shape index (κ1) is 15.5. The summed E-state index contributed by atoms with van der Waals surface area (Å²) in [4.78, 5) is 20.7. The molecule has 2 aliphatic rings. The number of piperidine rings is 1. The first-order valence-corrected chi connectivity index (χ1v) is 8.84. The molecule has 22 heavy (non-hydrogen) atoms. The van der Waals surface area contributed by atoms with Gasteiger partial charge in [0.05, 0.1) is 19.0 Å². The lowest BCUT2D eigenvalue weighted by Crippen LogP contribution is -3.12. The van der Waals surface area contributed by atoms with Gasteiger partial charge in [0.15, 0.2) is 0 Å².